The van der Waals surface area contributed by atoms with Crippen LogP contribution in [0.5, 0.6) is 0 Å². The molecule has 34 heavy (non-hydrogen) atoms. The molecule has 1 heterocycles. The fourth-order valence-electron chi connectivity index (χ4n) is 4.58. The summed E-state index contributed by atoms with van der Waals surface area (Å²) in [7, 11) is 0. The molecule has 0 radical (unpaired) electrons. The van der Waals surface area contributed by atoms with Gasteiger partial charge in [-0.25, -0.2) is 9.59 Å². The second-order valence-corrected chi connectivity index (χ2v) is 9.38. The van der Waals surface area contributed by atoms with Crippen molar-refractivity contribution in [1.29, 1.82) is 0 Å². The first kappa shape index (κ1) is 23.8. The Hall–Kier alpha value is -3.39. The molecular weight excluding hydrogens is 436 g/mol. The van der Waals surface area contributed by atoms with Crippen molar-refractivity contribution in [2.75, 3.05) is 19.8 Å². The topological polar surface area (TPSA) is 114 Å². The van der Waals surface area contributed by atoms with Crippen LogP contribution in [-0.2, 0) is 19.1 Å². The number of hydrogen-bond acceptors (Lipinski definition) is 5. The van der Waals surface area contributed by atoms with E-state index in [0.29, 0.717) is 19.4 Å². The van der Waals surface area contributed by atoms with Gasteiger partial charge in [-0.15, -0.1) is 0 Å². The molecule has 3 N–H and O–H groups in total. The Morgan fingerprint density at radius 2 is 1.68 bits per heavy atom. The van der Waals surface area contributed by atoms with Crippen molar-refractivity contribution < 1.29 is 29.0 Å². The summed E-state index contributed by atoms with van der Waals surface area (Å²) in [5.41, 5.74) is 3.81. The minimum Gasteiger partial charge on any atom is -0.479 e. The SMILES string of the molecule is CC(C)(CCNC(=O)OCC1c2ccccc2-c2ccccc21)C(=O)NC1CCOC1C(=O)O. The van der Waals surface area contributed by atoms with Gasteiger partial charge < -0.3 is 25.2 Å². The number of amides is 2. The van der Waals surface area contributed by atoms with E-state index in [1.165, 1.54) is 0 Å². The quantitative estimate of drug-likeness (QED) is 0.550. The average molecular weight is 467 g/mol. The van der Waals surface area contributed by atoms with Gasteiger partial charge in [0.25, 0.3) is 0 Å². The first-order valence-corrected chi connectivity index (χ1v) is 11.5. The highest BCUT2D eigenvalue weighted by molar-refractivity contribution is 5.83. The molecule has 2 atom stereocenters. The van der Waals surface area contributed by atoms with Crippen LogP contribution in [0.25, 0.3) is 11.1 Å². The van der Waals surface area contributed by atoms with Gasteiger partial charge in [0, 0.05) is 24.5 Å². The number of nitrogens with one attached hydrogen (secondary N) is 2. The van der Waals surface area contributed by atoms with Gasteiger partial charge >= 0.3 is 12.1 Å². The van der Waals surface area contributed by atoms with Crippen LogP contribution >= 0.6 is 0 Å². The van der Waals surface area contributed by atoms with Crippen molar-refractivity contribution in [1.82, 2.24) is 10.6 Å². The van der Waals surface area contributed by atoms with Crippen LogP contribution in [0.4, 0.5) is 4.79 Å². The largest absolute Gasteiger partial charge is 0.479 e. The number of fused-ring (bicyclic) bond motifs is 3. The number of aliphatic carboxylic acids is 1. The maximum absolute atomic E-state index is 12.7. The van der Waals surface area contributed by atoms with Gasteiger partial charge in [0.15, 0.2) is 6.10 Å². The number of carboxylic acid groups (broad SMARTS) is 1. The van der Waals surface area contributed by atoms with Crippen molar-refractivity contribution in [2.24, 2.45) is 5.41 Å². The first-order chi connectivity index (χ1) is 16.3. The molecule has 0 spiro atoms. The molecule has 4 rings (SSSR count). The molecule has 2 amide bonds. The van der Waals surface area contributed by atoms with E-state index in [2.05, 4.69) is 34.9 Å². The molecule has 1 aliphatic carbocycles. The number of carboxylic acids is 1. The smallest absolute Gasteiger partial charge is 0.407 e. The Balaban J connectivity index is 1.26. The predicted octanol–water partition coefficient (Wildman–Crippen LogP) is 3.30. The van der Waals surface area contributed by atoms with Gasteiger partial charge in [0.05, 0.1) is 6.04 Å². The van der Waals surface area contributed by atoms with Crippen LogP contribution in [-0.4, -0.2) is 55.0 Å². The molecular formula is C26H30N2O6. The molecule has 0 saturated carbocycles. The van der Waals surface area contributed by atoms with Crippen LogP contribution in [0.2, 0.25) is 0 Å². The Labute approximate surface area is 198 Å². The summed E-state index contributed by atoms with van der Waals surface area (Å²) in [6.45, 7) is 4.29. The third-order valence-corrected chi connectivity index (χ3v) is 6.63. The van der Waals surface area contributed by atoms with Crippen LogP contribution in [0.15, 0.2) is 48.5 Å². The van der Waals surface area contributed by atoms with Gasteiger partial charge in [-0.05, 0) is 35.1 Å². The second kappa shape index (κ2) is 9.85. The molecule has 8 heteroatoms. The summed E-state index contributed by atoms with van der Waals surface area (Å²) in [6, 6.07) is 15.7. The predicted molar refractivity (Wildman–Crippen MR) is 125 cm³/mol. The molecule has 2 unspecified atom stereocenters. The zero-order valence-corrected chi connectivity index (χ0v) is 19.4. The van der Waals surface area contributed by atoms with E-state index >= 15 is 0 Å². The van der Waals surface area contributed by atoms with Crippen molar-refractivity contribution in [3.63, 3.8) is 0 Å². The van der Waals surface area contributed by atoms with E-state index in [1.807, 2.05) is 24.3 Å². The molecule has 0 aromatic heterocycles. The fourth-order valence-corrected chi connectivity index (χ4v) is 4.58. The number of rotatable bonds is 8. The summed E-state index contributed by atoms with van der Waals surface area (Å²) >= 11 is 0. The normalized spacial score (nSPS) is 19.2. The van der Waals surface area contributed by atoms with Crippen molar-refractivity contribution >= 4 is 18.0 Å². The Morgan fingerprint density at radius 1 is 1.06 bits per heavy atom. The van der Waals surface area contributed by atoms with E-state index in [1.54, 1.807) is 13.8 Å². The Bertz CT molecular complexity index is 1040. The highest BCUT2D eigenvalue weighted by atomic mass is 16.5. The molecule has 180 valence electrons. The van der Waals surface area contributed by atoms with Crippen LogP contribution in [0.3, 0.4) is 0 Å². The molecule has 2 aromatic rings. The first-order valence-electron chi connectivity index (χ1n) is 11.5. The summed E-state index contributed by atoms with van der Waals surface area (Å²) < 4.78 is 10.7. The zero-order chi connectivity index (χ0) is 24.3. The maximum atomic E-state index is 12.7. The third kappa shape index (κ3) is 4.92. The molecule has 1 aliphatic heterocycles. The highest BCUT2D eigenvalue weighted by Crippen LogP contribution is 2.44. The molecule has 1 saturated heterocycles. The number of carbonyl (C=O) groups excluding carboxylic acids is 2. The van der Waals surface area contributed by atoms with E-state index in [4.69, 9.17) is 9.47 Å². The Morgan fingerprint density at radius 3 is 2.29 bits per heavy atom. The Kier molecular flexibility index (Phi) is 6.88. The van der Waals surface area contributed by atoms with Gasteiger partial charge in [-0.3, -0.25) is 4.79 Å². The minimum atomic E-state index is -1.09. The van der Waals surface area contributed by atoms with Crippen LogP contribution in [0, 0.1) is 5.41 Å². The van der Waals surface area contributed by atoms with Crippen LogP contribution < -0.4 is 10.6 Å². The minimum absolute atomic E-state index is 0.0174. The molecule has 2 aliphatic rings. The number of ether oxygens (including phenoxy) is 2. The number of carbonyl (C=O) groups is 3. The van der Waals surface area contributed by atoms with E-state index in [9.17, 15) is 19.5 Å². The van der Waals surface area contributed by atoms with Gasteiger partial charge in [0.1, 0.15) is 6.61 Å². The van der Waals surface area contributed by atoms with Gasteiger partial charge in [-0.2, -0.15) is 0 Å². The van der Waals surface area contributed by atoms with E-state index < -0.39 is 29.6 Å². The number of benzene rings is 2. The van der Waals surface area contributed by atoms with Gasteiger partial charge in [-0.1, -0.05) is 62.4 Å². The summed E-state index contributed by atoms with van der Waals surface area (Å²) in [5, 5.41) is 14.7. The van der Waals surface area contributed by atoms with Gasteiger partial charge in [0.2, 0.25) is 5.91 Å². The highest BCUT2D eigenvalue weighted by Gasteiger charge is 2.38. The summed E-state index contributed by atoms with van der Waals surface area (Å²) in [6.07, 6.45) is -0.739. The lowest BCUT2D eigenvalue weighted by Crippen LogP contribution is -2.49. The maximum Gasteiger partial charge on any atom is 0.407 e. The summed E-state index contributed by atoms with van der Waals surface area (Å²) in [4.78, 5) is 36.3. The molecule has 8 nitrogen and oxygen atoms in total. The van der Waals surface area contributed by atoms with E-state index in [0.717, 1.165) is 22.3 Å². The number of alkyl carbamates (subject to hydrolysis) is 1. The van der Waals surface area contributed by atoms with Crippen LogP contribution in [0.1, 0.15) is 43.7 Å². The molecule has 1 fully saturated rings. The van der Waals surface area contributed by atoms with Crippen molar-refractivity contribution in [3.8, 4) is 11.1 Å². The monoisotopic (exact) mass is 466 g/mol. The lowest BCUT2D eigenvalue weighted by atomic mass is 9.87. The van der Waals surface area contributed by atoms with Crippen molar-refractivity contribution in [2.45, 2.75) is 44.8 Å². The standard InChI is InChI=1S/C26H30N2O6/c1-26(2,24(31)28-21-11-14-33-22(21)23(29)30)12-13-27-25(32)34-15-20-18-9-5-3-7-16(18)17-8-4-6-10-19(17)20/h3-10,20-22H,11-15H2,1-2H3,(H,27,32)(H,28,31)(H,29,30). The molecule has 2 aromatic carbocycles. The third-order valence-electron chi connectivity index (χ3n) is 6.63. The lowest BCUT2D eigenvalue weighted by molar-refractivity contribution is -0.148. The number of hydrogen-bond donors (Lipinski definition) is 3. The zero-order valence-electron chi connectivity index (χ0n) is 19.4. The fraction of sp³-hybridized carbons (Fsp3) is 0.423. The second-order valence-electron chi connectivity index (χ2n) is 9.38. The lowest BCUT2D eigenvalue weighted by Gasteiger charge is -2.26. The summed E-state index contributed by atoms with van der Waals surface area (Å²) in [5.74, 6) is -1.38. The van der Waals surface area contributed by atoms with Crippen molar-refractivity contribution in [3.05, 3.63) is 59.7 Å². The van der Waals surface area contributed by atoms with E-state index in [-0.39, 0.29) is 25.0 Å². The average Bonchev–Trinajstić information content (AvgIpc) is 3.40. The molecule has 0 bridgehead atoms.